The van der Waals surface area contributed by atoms with Crippen molar-refractivity contribution in [1.29, 1.82) is 0 Å². The zero-order valence-electron chi connectivity index (χ0n) is 8.72. The van der Waals surface area contributed by atoms with E-state index in [1.54, 1.807) is 12.2 Å². The van der Waals surface area contributed by atoms with Crippen LogP contribution < -0.4 is 0 Å². The minimum Gasteiger partial charge on any atom is -0.501 e. The Labute approximate surface area is 96.0 Å². The van der Waals surface area contributed by atoms with Crippen LogP contribution in [0.15, 0.2) is 23.3 Å². The van der Waals surface area contributed by atoms with Crippen molar-refractivity contribution >= 4 is 11.9 Å². The van der Waals surface area contributed by atoms with Crippen LogP contribution in [0.2, 0.25) is 0 Å². The molecule has 8 heteroatoms. The van der Waals surface area contributed by atoms with Crippen LogP contribution in [0.25, 0.3) is 16.5 Å². The number of azide groups is 1. The first kappa shape index (κ1) is 12.5. The lowest BCUT2D eigenvalue weighted by Gasteiger charge is -1.95. The largest absolute Gasteiger partial charge is 0.501 e. The molecule has 1 rings (SSSR count). The van der Waals surface area contributed by atoms with E-state index in [1.165, 1.54) is 12.1 Å². The Hall–Kier alpha value is -2.60. The van der Waals surface area contributed by atoms with Gasteiger partial charge in [-0.15, -0.1) is 0 Å². The van der Waals surface area contributed by atoms with Gasteiger partial charge in [0.15, 0.2) is 5.69 Å². The Morgan fingerprint density at radius 2 is 2.41 bits per heavy atom. The molecule has 1 aromatic heterocycles. The Morgan fingerprint density at radius 3 is 3.06 bits per heavy atom. The summed E-state index contributed by atoms with van der Waals surface area (Å²) < 4.78 is 0. The van der Waals surface area contributed by atoms with Crippen LogP contribution in [0.4, 0.5) is 5.82 Å². The van der Waals surface area contributed by atoms with Crippen LogP contribution in [0.1, 0.15) is 12.1 Å². The lowest BCUT2D eigenvalue weighted by atomic mass is 10.3. The predicted molar refractivity (Wildman–Crippen MR) is 60.2 cm³/mol. The molecule has 0 aromatic carbocycles. The summed E-state index contributed by atoms with van der Waals surface area (Å²) in [6, 6.07) is 2.66. The summed E-state index contributed by atoms with van der Waals surface area (Å²) in [5, 5.41) is 23.0. The van der Waals surface area contributed by atoms with E-state index in [-0.39, 0.29) is 0 Å². The summed E-state index contributed by atoms with van der Waals surface area (Å²) in [4.78, 5) is 16.0. The molecule has 88 valence electrons. The van der Waals surface area contributed by atoms with E-state index in [4.69, 9.17) is 10.6 Å². The summed E-state index contributed by atoms with van der Waals surface area (Å²) in [6.07, 6.45) is 3.75. The van der Waals surface area contributed by atoms with Crippen molar-refractivity contribution in [3.63, 3.8) is 0 Å². The molecule has 1 aromatic rings. The Balaban J connectivity index is 2.75. The summed E-state index contributed by atoms with van der Waals surface area (Å²) in [7, 11) is 0. The second kappa shape index (κ2) is 6.09. The van der Waals surface area contributed by atoms with Gasteiger partial charge in [-0.3, -0.25) is 0 Å². The van der Waals surface area contributed by atoms with Crippen LogP contribution >= 0.6 is 0 Å². The fraction of sp³-hybridized carbons (Fsp3) is 0.222. The van der Waals surface area contributed by atoms with Crippen molar-refractivity contribution < 1.29 is 10.0 Å². The number of rotatable bonds is 5. The van der Waals surface area contributed by atoms with Crippen LogP contribution in [0, 0.1) is 10.1 Å². The fourth-order valence-corrected chi connectivity index (χ4v) is 1.06. The maximum absolute atomic E-state index is 10.5. The van der Waals surface area contributed by atoms with E-state index in [0.717, 1.165) is 0 Å². The molecule has 8 nitrogen and oxygen atoms in total. The Bertz CT molecular complexity index is 493. The van der Waals surface area contributed by atoms with Gasteiger partial charge in [-0.2, -0.15) is 0 Å². The first-order valence-electron chi connectivity index (χ1n) is 4.67. The first-order valence-corrected chi connectivity index (χ1v) is 4.67. The number of aromatic nitrogens is 1. The van der Waals surface area contributed by atoms with Crippen molar-refractivity contribution in [2.75, 3.05) is 6.54 Å². The van der Waals surface area contributed by atoms with Crippen molar-refractivity contribution in [2.45, 2.75) is 6.42 Å². The average molecular weight is 235 g/mol. The minimum atomic E-state index is -0.757. The van der Waals surface area contributed by atoms with Gasteiger partial charge in [0.05, 0.1) is 0 Å². The molecule has 0 spiro atoms. The van der Waals surface area contributed by atoms with Gasteiger partial charge in [-0.05, 0) is 40.1 Å². The number of hydrogen-bond donors (Lipinski definition) is 1. The van der Waals surface area contributed by atoms with Gasteiger partial charge < -0.3 is 15.2 Å². The molecule has 0 aliphatic heterocycles. The number of nitro groups is 1. The molecule has 0 atom stereocenters. The van der Waals surface area contributed by atoms with Crippen LogP contribution in [0.5, 0.6) is 5.75 Å². The SMILES string of the molecule is [N-]=[N+]=NCCC=Cc1ccc(O)c([N+](=O)[O-])n1. The highest BCUT2D eigenvalue weighted by molar-refractivity contribution is 5.50. The zero-order valence-corrected chi connectivity index (χ0v) is 8.72. The minimum absolute atomic E-state index is 0.313. The number of nitrogens with zero attached hydrogens (tertiary/aromatic N) is 5. The van der Waals surface area contributed by atoms with Crippen LogP contribution in [-0.4, -0.2) is 21.6 Å². The molecule has 0 unspecified atom stereocenters. The third-order valence-electron chi connectivity index (χ3n) is 1.80. The summed E-state index contributed by atoms with van der Waals surface area (Å²) >= 11 is 0. The Morgan fingerprint density at radius 1 is 1.65 bits per heavy atom. The molecule has 0 amide bonds. The van der Waals surface area contributed by atoms with Crippen molar-refractivity contribution in [1.82, 2.24) is 4.98 Å². The van der Waals surface area contributed by atoms with Gasteiger partial charge in [0.25, 0.3) is 0 Å². The number of pyridine rings is 1. The molecule has 0 aliphatic rings. The second-order valence-corrected chi connectivity index (χ2v) is 2.98. The highest BCUT2D eigenvalue weighted by Gasteiger charge is 2.15. The molecule has 17 heavy (non-hydrogen) atoms. The monoisotopic (exact) mass is 235 g/mol. The van der Waals surface area contributed by atoms with Gasteiger partial charge in [0.2, 0.25) is 5.75 Å². The molecule has 1 N–H and O–H groups in total. The van der Waals surface area contributed by atoms with Crippen LogP contribution in [-0.2, 0) is 0 Å². The molecule has 0 radical (unpaired) electrons. The first-order chi connectivity index (χ1) is 8.15. The second-order valence-electron chi connectivity index (χ2n) is 2.98. The maximum Gasteiger partial charge on any atom is 0.406 e. The van der Waals surface area contributed by atoms with Crippen LogP contribution in [0.3, 0.4) is 0 Å². The third-order valence-corrected chi connectivity index (χ3v) is 1.80. The smallest absolute Gasteiger partial charge is 0.406 e. The summed E-state index contributed by atoms with van der Waals surface area (Å²) in [5.74, 6) is -1.05. The van der Waals surface area contributed by atoms with Gasteiger partial charge >= 0.3 is 5.82 Å². The molecule has 0 fully saturated rings. The molecular weight excluding hydrogens is 226 g/mol. The molecule has 0 aliphatic carbocycles. The van der Waals surface area contributed by atoms with E-state index in [1.807, 2.05) is 0 Å². The lowest BCUT2D eigenvalue weighted by Crippen LogP contribution is -1.93. The zero-order chi connectivity index (χ0) is 12.7. The molecule has 0 saturated carbocycles. The quantitative estimate of drug-likeness (QED) is 0.210. The van der Waals surface area contributed by atoms with Gasteiger partial charge in [0, 0.05) is 11.5 Å². The summed E-state index contributed by atoms with van der Waals surface area (Å²) in [6.45, 7) is 0.313. The van der Waals surface area contributed by atoms with Gasteiger partial charge in [0.1, 0.15) is 0 Å². The van der Waals surface area contributed by atoms with E-state index in [9.17, 15) is 10.1 Å². The molecule has 1 heterocycles. The lowest BCUT2D eigenvalue weighted by molar-refractivity contribution is -0.390. The Kier molecular flexibility index (Phi) is 4.46. The van der Waals surface area contributed by atoms with E-state index in [2.05, 4.69) is 15.0 Å². The van der Waals surface area contributed by atoms with E-state index >= 15 is 0 Å². The number of aromatic hydroxyl groups is 1. The maximum atomic E-state index is 10.5. The van der Waals surface area contributed by atoms with Crippen molar-refractivity contribution in [2.24, 2.45) is 5.11 Å². The van der Waals surface area contributed by atoms with Gasteiger partial charge in [-0.25, -0.2) is 0 Å². The predicted octanol–water partition coefficient (Wildman–Crippen LogP) is 2.41. The molecular formula is C9H9N5O3. The number of hydrogen-bond acceptors (Lipinski definition) is 5. The highest BCUT2D eigenvalue weighted by atomic mass is 16.6. The normalized spacial score (nSPS) is 10.1. The van der Waals surface area contributed by atoms with Crippen molar-refractivity contribution in [3.05, 3.63) is 44.5 Å². The molecule has 0 saturated heterocycles. The fourth-order valence-electron chi connectivity index (χ4n) is 1.06. The highest BCUT2D eigenvalue weighted by Crippen LogP contribution is 2.22. The third kappa shape index (κ3) is 3.80. The van der Waals surface area contributed by atoms with E-state index < -0.39 is 16.5 Å². The average Bonchev–Trinajstić information content (AvgIpc) is 2.30. The van der Waals surface area contributed by atoms with Crippen molar-refractivity contribution in [3.8, 4) is 5.75 Å². The van der Waals surface area contributed by atoms with Gasteiger partial charge in [-0.1, -0.05) is 11.2 Å². The summed E-state index contributed by atoms with van der Waals surface area (Å²) in [5.41, 5.74) is 8.39. The van der Waals surface area contributed by atoms with E-state index in [0.29, 0.717) is 18.7 Å². The molecule has 0 bridgehead atoms. The standard InChI is InChI=1S/C9H9N5O3/c10-13-11-6-2-1-3-7-4-5-8(15)9(12-7)14(16)17/h1,3-5,15H,2,6H2. The topological polar surface area (TPSA) is 125 Å².